The fourth-order valence-corrected chi connectivity index (χ4v) is 2.27. The van der Waals surface area contributed by atoms with E-state index in [1.165, 1.54) is 18.5 Å². The minimum Gasteiger partial charge on any atom is -0.307 e. The molecule has 0 aliphatic heterocycles. The minimum atomic E-state index is 0.690. The summed E-state index contributed by atoms with van der Waals surface area (Å²) in [6.07, 6.45) is 5.35. The van der Waals surface area contributed by atoms with Gasteiger partial charge in [0.2, 0.25) is 0 Å². The van der Waals surface area contributed by atoms with E-state index in [9.17, 15) is 0 Å². The molecule has 6 heteroatoms. The van der Waals surface area contributed by atoms with Crippen LogP contribution in [0.15, 0.2) is 12.4 Å². The number of hydrogen-bond donors (Lipinski definition) is 1. The Morgan fingerprint density at radius 3 is 2.85 bits per heavy atom. The zero-order chi connectivity index (χ0) is 13.9. The summed E-state index contributed by atoms with van der Waals surface area (Å²) in [6, 6.07) is 2.85. The molecular formula is C14H22N6. The first kappa shape index (κ1) is 13.3. The fraction of sp³-hybridized carbons (Fsp3) is 0.643. The molecule has 0 aromatic carbocycles. The largest absolute Gasteiger partial charge is 0.307 e. The molecule has 0 unspecified atom stereocenters. The Labute approximate surface area is 119 Å². The second kappa shape index (κ2) is 5.75. The number of rotatable bonds is 7. The molecule has 3 rings (SSSR count). The van der Waals surface area contributed by atoms with Crippen molar-refractivity contribution in [2.24, 2.45) is 0 Å². The molecule has 1 fully saturated rings. The predicted molar refractivity (Wildman–Crippen MR) is 76.3 cm³/mol. The Balaban J connectivity index is 1.65. The van der Waals surface area contributed by atoms with Gasteiger partial charge in [0.15, 0.2) is 5.82 Å². The van der Waals surface area contributed by atoms with Gasteiger partial charge in [0.05, 0.1) is 24.5 Å². The van der Waals surface area contributed by atoms with Crippen LogP contribution in [0.2, 0.25) is 0 Å². The van der Waals surface area contributed by atoms with Gasteiger partial charge in [-0.25, -0.2) is 9.67 Å². The summed E-state index contributed by atoms with van der Waals surface area (Å²) < 4.78 is 3.94. The first-order valence-corrected chi connectivity index (χ1v) is 7.45. The van der Waals surface area contributed by atoms with Gasteiger partial charge in [0.25, 0.3) is 0 Å². The van der Waals surface area contributed by atoms with Crippen LogP contribution in [0.5, 0.6) is 0 Å². The Hall–Kier alpha value is -1.69. The first-order valence-electron chi connectivity index (χ1n) is 7.45. The second-order valence-electron chi connectivity index (χ2n) is 5.31. The summed E-state index contributed by atoms with van der Waals surface area (Å²) in [6.45, 7) is 6.63. The zero-order valence-electron chi connectivity index (χ0n) is 12.2. The van der Waals surface area contributed by atoms with Crippen LogP contribution in [0, 0.1) is 0 Å². The zero-order valence-corrected chi connectivity index (χ0v) is 12.2. The maximum atomic E-state index is 4.56. The molecular weight excluding hydrogens is 252 g/mol. The van der Waals surface area contributed by atoms with Crippen molar-refractivity contribution in [2.75, 3.05) is 0 Å². The van der Waals surface area contributed by atoms with Crippen molar-refractivity contribution in [3.8, 4) is 0 Å². The van der Waals surface area contributed by atoms with Crippen molar-refractivity contribution in [1.29, 1.82) is 0 Å². The molecule has 1 aliphatic rings. The van der Waals surface area contributed by atoms with Crippen molar-refractivity contribution in [2.45, 2.75) is 58.8 Å². The Bertz CT molecular complexity index is 566. The lowest BCUT2D eigenvalue weighted by Crippen LogP contribution is -2.16. The van der Waals surface area contributed by atoms with Crippen molar-refractivity contribution in [3.05, 3.63) is 29.6 Å². The first-order chi connectivity index (χ1) is 9.78. The van der Waals surface area contributed by atoms with E-state index in [4.69, 9.17) is 0 Å². The van der Waals surface area contributed by atoms with E-state index in [1.54, 1.807) is 0 Å². The van der Waals surface area contributed by atoms with Gasteiger partial charge in [0, 0.05) is 12.6 Å². The van der Waals surface area contributed by atoms with Gasteiger partial charge in [-0.1, -0.05) is 6.92 Å². The Morgan fingerprint density at radius 2 is 2.15 bits per heavy atom. The average molecular weight is 274 g/mol. The molecule has 0 atom stereocenters. The van der Waals surface area contributed by atoms with Crippen LogP contribution < -0.4 is 5.32 Å². The third-order valence-corrected chi connectivity index (χ3v) is 3.61. The molecule has 0 radical (unpaired) electrons. The van der Waals surface area contributed by atoms with Gasteiger partial charge in [-0.15, -0.1) is 0 Å². The van der Waals surface area contributed by atoms with E-state index >= 15 is 0 Å². The molecule has 1 saturated carbocycles. The molecule has 108 valence electrons. The van der Waals surface area contributed by atoms with Gasteiger partial charge in [-0.05, 0) is 32.3 Å². The quantitative estimate of drug-likeness (QED) is 0.828. The van der Waals surface area contributed by atoms with E-state index in [-0.39, 0.29) is 0 Å². The molecule has 2 aromatic rings. The minimum absolute atomic E-state index is 0.690. The van der Waals surface area contributed by atoms with E-state index < -0.39 is 0 Å². The normalized spacial score (nSPS) is 14.9. The molecule has 6 nitrogen and oxygen atoms in total. The van der Waals surface area contributed by atoms with E-state index in [0.29, 0.717) is 6.04 Å². The van der Waals surface area contributed by atoms with Crippen LogP contribution in [0.1, 0.15) is 43.9 Å². The molecule has 2 heterocycles. The summed E-state index contributed by atoms with van der Waals surface area (Å²) in [4.78, 5) is 4.35. The SMILES string of the molecule is CCc1cc(Cn2cnc(CNC3CC3)n2)n(CC)n1. The molecule has 1 aliphatic carbocycles. The van der Waals surface area contributed by atoms with Crippen molar-refractivity contribution in [1.82, 2.24) is 29.9 Å². The van der Waals surface area contributed by atoms with Crippen molar-refractivity contribution in [3.63, 3.8) is 0 Å². The Morgan fingerprint density at radius 1 is 1.30 bits per heavy atom. The topological polar surface area (TPSA) is 60.6 Å². The van der Waals surface area contributed by atoms with E-state index in [2.05, 4.69) is 40.4 Å². The monoisotopic (exact) mass is 274 g/mol. The summed E-state index contributed by atoms with van der Waals surface area (Å²) in [5.41, 5.74) is 2.33. The number of aryl methyl sites for hydroxylation is 2. The standard InChI is InChI=1S/C14H22N6/c1-3-11-7-13(20(4-2)17-11)9-19-10-16-14(18-19)8-15-12-5-6-12/h7,10,12,15H,3-6,8-9H2,1-2H3. The van der Waals surface area contributed by atoms with Gasteiger partial charge in [0.1, 0.15) is 6.33 Å². The maximum Gasteiger partial charge on any atom is 0.164 e. The molecule has 0 bridgehead atoms. The van der Waals surface area contributed by atoms with Gasteiger partial charge in [-0.3, -0.25) is 4.68 Å². The van der Waals surface area contributed by atoms with Crippen LogP contribution in [0.25, 0.3) is 0 Å². The molecule has 2 aromatic heterocycles. The van der Waals surface area contributed by atoms with E-state index in [1.807, 2.05) is 15.7 Å². The van der Waals surface area contributed by atoms with Gasteiger partial charge < -0.3 is 5.32 Å². The third kappa shape index (κ3) is 3.07. The van der Waals surface area contributed by atoms with Crippen LogP contribution in [0.3, 0.4) is 0 Å². The van der Waals surface area contributed by atoms with E-state index in [0.717, 1.165) is 37.6 Å². The highest BCUT2D eigenvalue weighted by molar-refractivity contribution is 5.10. The van der Waals surface area contributed by atoms with Gasteiger partial charge >= 0.3 is 0 Å². The summed E-state index contributed by atoms with van der Waals surface area (Å²) in [5, 5.41) is 12.5. The number of hydrogen-bond acceptors (Lipinski definition) is 4. The highest BCUT2D eigenvalue weighted by Crippen LogP contribution is 2.18. The number of nitrogens with zero attached hydrogens (tertiary/aromatic N) is 5. The maximum absolute atomic E-state index is 4.56. The smallest absolute Gasteiger partial charge is 0.164 e. The summed E-state index contributed by atoms with van der Waals surface area (Å²) in [5.74, 6) is 0.871. The predicted octanol–water partition coefficient (Wildman–Crippen LogP) is 1.36. The van der Waals surface area contributed by atoms with Crippen LogP contribution >= 0.6 is 0 Å². The molecule has 0 saturated heterocycles. The lowest BCUT2D eigenvalue weighted by Gasteiger charge is -2.03. The van der Waals surface area contributed by atoms with Crippen LogP contribution in [0.4, 0.5) is 0 Å². The number of aromatic nitrogens is 5. The van der Waals surface area contributed by atoms with Gasteiger partial charge in [-0.2, -0.15) is 10.2 Å². The molecule has 1 N–H and O–H groups in total. The lowest BCUT2D eigenvalue weighted by molar-refractivity contribution is 0.566. The third-order valence-electron chi connectivity index (χ3n) is 3.61. The number of nitrogens with one attached hydrogen (secondary N) is 1. The molecule has 0 amide bonds. The summed E-state index contributed by atoms with van der Waals surface area (Å²) >= 11 is 0. The van der Waals surface area contributed by atoms with Crippen molar-refractivity contribution >= 4 is 0 Å². The second-order valence-corrected chi connectivity index (χ2v) is 5.31. The average Bonchev–Trinajstić information content (AvgIpc) is 3.05. The molecule has 0 spiro atoms. The Kier molecular flexibility index (Phi) is 3.82. The fourth-order valence-electron chi connectivity index (χ4n) is 2.27. The van der Waals surface area contributed by atoms with Crippen molar-refractivity contribution < 1.29 is 0 Å². The molecule has 20 heavy (non-hydrogen) atoms. The van der Waals surface area contributed by atoms with Crippen LogP contribution in [-0.2, 0) is 26.1 Å². The van der Waals surface area contributed by atoms with Crippen LogP contribution in [-0.4, -0.2) is 30.6 Å². The lowest BCUT2D eigenvalue weighted by atomic mass is 10.3. The summed E-state index contributed by atoms with van der Waals surface area (Å²) in [7, 11) is 0. The highest BCUT2D eigenvalue weighted by Gasteiger charge is 2.20. The highest BCUT2D eigenvalue weighted by atomic mass is 15.4.